The second kappa shape index (κ2) is 5.76. The van der Waals surface area contributed by atoms with Gasteiger partial charge in [0.15, 0.2) is 0 Å². The largest absolute Gasteiger partial charge is 0.0623 e. The van der Waals surface area contributed by atoms with Crippen LogP contribution in [-0.4, -0.2) is 0 Å². The van der Waals surface area contributed by atoms with Crippen molar-refractivity contribution in [3.63, 3.8) is 0 Å². The molecule has 0 fully saturated rings. The van der Waals surface area contributed by atoms with E-state index in [0.29, 0.717) is 0 Å². The second-order valence-electron chi connectivity index (χ2n) is 3.24. The first-order valence-corrected chi connectivity index (χ1v) is 4.30. The highest BCUT2D eigenvalue weighted by Crippen LogP contribution is 2.20. The van der Waals surface area contributed by atoms with Gasteiger partial charge in [0.1, 0.15) is 0 Å². The maximum absolute atomic E-state index is 3.85. The van der Waals surface area contributed by atoms with Crippen LogP contribution in [0.25, 0.3) is 0 Å². The zero-order valence-electron chi connectivity index (χ0n) is 7.40. The van der Waals surface area contributed by atoms with Gasteiger partial charge in [-0.2, -0.15) is 0 Å². The number of hydrogen-bond acceptors (Lipinski definition) is 0. The minimum atomic E-state index is 0.833. The Labute approximate surface area is 66.0 Å². The third-order valence-electron chi connectivity index (χ3n) is 2.29. The number of rotatable bonds is 5. The van der Waals surface area contributed by atoms with Crippen molar-refractivity contribution in [2.45, 2.75) is 39.5 Å². The third kappa shape index (κ3) is 3.92. The zero-order chi connectivity index (χ0) is 7.98. The molecule has 0 amide bonds. The Balaban J connectivity index is 3.38. The second-order valence-corrected chi connectivity index (χ2v) is 3.24. The standard InChI is InChI=1S/C10H20/c1-5-7-9(3)10(4)8-6-2/h9-10H,1-2,5-8H2,3-4H3. The molecule has 2 unspecified atom stereocenters. The van der Waals surface area contributed by atoms with Crippen LogP contribution in [0, 0.1) is 25.7 Å². The van der Waals surface area contributed by atoms with Crippen LogP contribution in [-0.2, 0) is 0 Å². The molecule has 0 aromatic rings. The molecule has 60 valence electrons. The summed E-state index contributed by atoms with van der Waals surface area (Å²) in [6.45, 7) is 12.3. The summed E-state index contributed by atoms with van der Waals surface area (Å²) >= 11 is 0. The Bertz CT molecular complexity index is 56.4. The Morgan fingerprint density at radius 3 is 1.40 bits per heavy atom. The third-order valence-corrected chi connectivity index (χ3v) is 2.29. The summed E-state index contributed by atoms with van der Waals surface area (Å²) in [6, 6.07) is 0. The Morgan fingerprint density at radius 2 is 1.20 bits per heavy atom. The summed E-state index contributed by atoms with van der Waals surface area (Å²) in [7, 11) is 0. The maximum atomic E-state index is 3.85. The van der Waals surface area contributed by atoms with Crippen molar-refractivity contribution in [2.75, 3.05) is 0 Å². The predicted molar refractivity (Wildman–Crippen MR) is 47.5 cm³/mol. The molecule has 2 atom stereocenters. The van der Waals surface area contributed by atoms with Gasteiger partial charge in [0.25, 0.3) is 0 Å². The average molecular weight is 140 g/mol. The van der Waals surface area contributed by atoms with E-state index in [1.54, 1.807) is 0 Å². The highest BCUT2D eigenvalue weighted by molar-refractivity contribution is 4.63. The van der Waals surface area contributed by atoms with Gasteiger partial charge in [-0.15, -0.1) is 0 Å². The highest BCUT2D eigenvalue weighted by atomic mass is 14.1. The van der Waals surface area contributed by atoms with E-state index in [0.717, 1.165) is 24.7 Å². The fraction of sp³-hybridized carbons (Fsp3) is 0.800. The van der Waals surface area contributed by atoms with Crippen LogP contribution in [0.2, 0.25) is 0 Å². The summed E-state index contributed by atoms with van der Waals surface area (Å²) in [5.74, 6) is 1.67. The summed E-state index contributed by atoms with van der Waals surface area (Å²) in [6.07, 6.45) is 4.67. The molecule has 0 heteroatoms. The molecule has 0 nitrogen and oxygen atoms in total. The molecule has 0 bridgehead atoms. The van der Waals surface area contributed by atoms with Crippen molar-refractivity contribution in [3.8, 4) is 0 Å². The molecule has 0 heterocycles. The van der Waals surface area contributed by atoms with Crippen LogP contribution in [0.15, 0.2) is 0 Å². The van der Waals surface area contributed by atoms with Crippen molar-refractivity contribution in [3.05, 3.63) is 13.8 Å². The van der Waals surface area contributed by atoms with E-state index in [9.17, 15) is 0 Å². The van der Waals surface area contributed by atoms with E-state index < -0.39 is 0 Å². The van der Waals surface area contributed by atoms with Crippen molar-refractivity contribution < 1.29 is 0 Å². The molecule has 0 aromatic carbocycles. The summed E-state index contributed by atoms with van der Waals surface area (Å²) in [5.41, 5.74) is 0. The maximum Gasteiger partial charge on any atom is -0.0417 e. The fourth-order valence-corrected chi connectivity index (χ4v) is 1.21. The van der Waals surface area contributed by atoms with Gasteiger partial charge in [0.2, 0.25) is 0 Å². The molecule has 0 rings (SSSR count). The van der Waals surface area contributed by atoms with Gasteiger partial charge in [0, 0.05) is 0 Å². The molecular formula is C10H20. The molecule has 0 aliphatic rings. The molecule has 10 heavy (non-hydrogen) atoms. The van der Waals surface area contributed by atoms with Gasteiger partial charge in [0.05, 0.1) is 0 Å². The van der Waals surface area contributed by atoms with Crippen molar-refractivity contribution in [1.82, 2.24) is 0 Å². The average Bonchev–Trinajstić information content (AvgIpc) is 1.89. The smallest absolute Gasteiger partial charge is 0.0417 e. The zero-order valence-corrected chi connectivity index (χ0v) is 7.40. The minimum Gasteiger partial charge on any atom is -0.0623 e. The fourth-order valence-electron chi connectivity index (χ4n) is 1.21. The molecular weight excluding hydrogens is 120 g/mol. The van der Waals surface area contributed by atoms with Crippen LogP contribution in [0.1, 0.15) is 39.5 Å². The van der Waals surface area contributed by atoms with Crippen molar-refractivity contribution in [2.24, 2.45) is 11.8 Å². The van der Waals surface area contributed by atoms with Gasteiger partial charge < -0.3 is 0 Å². The lowest BCUT2D eigenvalue weighted by Crippen LogP contribution is -2.06. The van der Waals surface area contributed by atoms with E-state index in [-0.39, 0.29) is 0 Å². The Hall–Kier alpha value is 0. The lowest BCUT2D eigenvalue weighted by atomic mass is 9.89. The van der Waals surface area contributed by atoms with Crippen LogP contribution in [0.3, 0.4) is 0 Å². The van der Waals surface area contributed by atoms with E-state index in [4.69, 9.17) is 0 Å². The quantitative estimate of drug-likeness (QED) is 0.548. The SMILES string of the molecule is [CH2]CCC(C)C(C)CC[CH2]. The van der Waals surface area contributed by atoms with E-state index in [2.05, 4.69) is 27.7 Å². The summed E-state index contributed by atoms with van der Waals surface area (Å²) in [5, 5.41) is 0. The molecule has 0 saturated heterocycles. The molecule has 0 aliphatic carbocycles. The lowest BCUT2D eigenvalue weighted by Gasteiger charge is -2.17. The molecule has 0 aromatic heterocycles. The lowest BCUT2D eigenvalue weighted by molar-refractivity contribution is 0.347. The van der Waals surface area contributed by atoms with Gasteiger partial charge in [-0.3, -0.25) is 0 Å². The first-order chi connectivity index (χ1) is 4.72. The summed E-state index contributed by atoms with van der Waals surface area (Å²) < 4.78 is 0. The van der Waals surface area contributed by atoms with E-state index in [1.807, 2.05) is 0 Å². The van der Waals surface area contributed by atoms with E-state index >= 15 is 0 Å². The molecule has 2 radical (unpaired) electrons. The Morgan fingerprint density at radius 1 is 0.900 bits per heavy atom. The van der Waals surface area contributed by atoms with Crippen LogP contribution in [0.4, 0.5) is 0 Å². The molecule has 0 saturated carbocycles. The first kappa shape index (κ1) is 10.0. The van der Waals surface area contributed by atoms with Gasteiger partial charge >= 0.3 is 0 Å². The van der Waals surface area contributed by atoms with Crippen molar-refractivity contribution in [1.29, 1.82) is 0 Å². The van der Waals surface area contributed by atoms with Gasteiger partial charge in [-0.05, 0) is 11.8 Å². The van der Waals surface area contributed by atoms with Crippen LogP contribution in [0.5, 0.6) is 0 Å². The van der Waals surface area contributed by atoms with Gasteiger partial charge in [-0.25, -0.2) is 0 Å². The molecule has 0 spiro atoms. The van der Waals surface area contributed by atoms with Crippen LogP contribution < -0.4 is 0 Å². The van der Waals surface area contributed by atoms with E-state index in [1.165, 1.54) is 12.8 Å². The molecule has 0 aliphatic heterocycles. The summed E-state index contributed by atoms with van der Waals surface area (Å²) in [4.78, 5) is 0. The van der Waals surface area contributed by atoms with Crippen molar-refractivity contribution >= 4 is 0 Å². The number of hydrogen-bond donors (Lipinski definition) is 0. The Kier molecular flexibility index (Phi) is 5.76. The highest BCUT2D eigenvalue weighted by Gasteiger charge is 2.08. The normalized spacial score (nSPS) is 16.8. The minimum absolute atomic E-state index is 0.833. The monoisotopic (exact) mass is 140 g/mol. The van der Waals surface area contributed by atoms with Gasteiger partial charge in [-0.1, -0.05) is 53.4 Å². The molecule has 0 N–H and O–H groups in total. The predicted octanol–water partition coefficient (Wildman–Crippen LogP) is 3.49. The first-order valence-electron chi connectivity index (χ1n) is 4.30. The topological polar surface area (TPSA) is 0 Å². The van der Waals surface area contributed by atoms with Crippen LogP contribution >= 0.6 is 0 Å².